The molecule has 0 aromatic carbocycles. The third-order valence-electron chi connectivity index (χ3n) is 4.52. The van der Waals surface area contributed by atoms with Crippen LogP contribution in [-0.2, 0) is 4.74 Å². The molecule has 0 amide bonds. The molecule has 0 bridgehead atoms. The third kappa shape index (κ3) is 5.27. The average molecular weight is 254 g/mol. The van der Waals surface area contributed by atoms with Gasteiger partial charge in [-0.1, -0.05) is 51.9 Å². The van der Waals surface area contributed by atoms with Crippen LogP contribution in [0.15, 0.2) is 0 Å². The van der Waals surface area contributed by atoms with E-state index >= 15 is 0 Å². The summed E-state index contributed by atoms with van der Waals surface area (Å²) in [6, 6.07) is 0. The van der Waals surface area contributed by atoms with Crippen molar-refractivity contribution < 1.29 is 9.84 Å². The first-order valence-corrected chi connectivity index (χ1v) is 8.09. The van der Waals surface area contributed by atoms with E-state index in [1.165, 1.54) is 51.4 Å². The maximum atomic E-state index is 10.0. The van der Waals surface area contributed by atoms with Crippen molar-refractivity contribution in [2.75, 3.05) is 0 Å². The minimum Gasteiger partial charge on any atom is -0.393 e. The molecule has 4 unspecified atom stereocenters. The van der Waals surface area contributed by atoms with Gasteiger partial charge in [-0.2, -0.15) is 0 Å². The van der Waals surface area contributed by atoms with Crippen molar-refractivity contribution >= 4 is 0 Å². The highest BCUT2D eigenvalue weighted by Crippen LogP contribution is 2.34. The normalized spacial score (nSPS) is 40.3. The van der Waals surface area contributed by atoms with E-state index in [-0.39, 0.29) is 6.10 Å². The summed E-state index contributed by atoms with van der Waals surface area (Å²) in [4.78, 5) is 0. The average Bonchev–Trinajstić information content (AvgIpc) is 3.03. The molecule has 1 heterocycles. The zero-order chi connectivity index (χ0) is 12.8. The zero-order valence-electron chi connectivity index (χ0n) is 11.9. The number of aliphatic hydroxyl groups is 1. The van der Waals surface area contributed by atoms with Crippen molar-refractivity contribution in [2.45, 2.75) is 95.9 Å². The highest BCUT2D eigenvalue weighted by atomic mass is 16.6. The number of hydrogen-bond acceptors (Lipinski definition) is 2. The molecule has 2 aliphatic rings. The first-order chi connectivity index (χ1) is 8.75. The van der Waals surface area contributed by atoms with Crippen LogP contribution in [0.1, 0.15) is 77.6 Å². The van der Waals surface area contributed by atoms with Gasteiger partial charge in [0.25, 0.3) is 0 Å². The van der Waals surface area contributed by atoms with Crippen LogP contribution in [0.2, 0.25) is 0 Å². The third-order valence-corrected chi connectivity index (χ3v) is 4.52. The molecule has 1 aliphatic carbocycles. The van der Waals surface area contributed by atoms with Crippen molar-refractivity contribution in [1.29, 1.82) is 0 Å². The molecule has 1 N–H and O–H groups in total. The summed E-state index contributed by atoms with van der Waals surface area (Å²) in [7, 11) is 0. The number of fused-ring (bicyclic) bond motifs is 1. The Morgan fingerprint density at radius 3 is 2.11 bits per heavy atom. The molecule has 1 saturated heterocycles. The van der Waals surface area contributed by atoms with Gasteiger partial charge < -0.3 is 9.84 Å². The van der Waals surface area contributed by atoms with E-state index in [1.807, 2.05) is 0 Å². The lowest BCUT2D eigenvalue weighted by Crippen LogP contribution is -2.13. The fourth-order valence-corrected chi connectivity index (χ4v) is 3.32. The van der Waals surface area contributed by atoms with E-state index in [2.05, 4.69) is 6.92 Å². The van der Waals surface area contributed by atoms with Gasteiger partial charge in [0.1, 0.15) is 0 Å². The SMILES string of the molecule is CC1CC(O)CCCCCCCCCC2OC2C1. The predicted octanol–water partition coefficient (Wildman–Crippen LogP) is 4.06. The van der Waals surface area contributed by atoms with Gasteiger partial charge in [-0.3, -0.25) is 0 Å². The summed E-state index contributed by atoms with van der Waals surface area (Å²) < 4.78 is 5.74. The second-order valence-corrected chi connectivity index (χ2v) is 6.50. The molecule has 0 aromatic rings. The Labute approximate surface area is 112 Å². The molecule has 1 aliphatic heterocycles. The fourth-order valence-electron chi connectivity index (χ4n) is 3.32. The minimum absolute atomic E-state index is 0.0812. The van der Waals surface area contributed by atoms with Crippen LogP contribution in [0.3, 0.4) is 0 Å². The molecular formula is C16H30O2. The van der Waals surface area contributed by atoms with Gasteiger partial charge in [-0.05, 0) is 31.6 Å². The molecule has 2 nitrogen and oxygen atoms in total. The Morgan fingerprint density at radius 2 is 1.39 bits per heavy atom. The van der Waals surface area contributed by atoms with Gasteiger partial charge in [0.05, 0.1) is 18.3 Å². The van der Waals surface area contributed by atoms with Gasteiger partial charge in [0.15, 0.2) is 0 Å². The molecule has 1 saturated carbocycles. The smallest absolute Gasteiger partial charge is 0.0844 e. The van der Waals surface area contributed by atoms with Crippen LogP contribution in [0.4, 0.5) is 0 Å². The lowest BCUT2D eigenvalue weighted by Gasteiger charge is -2.15. The van der Waals surface area contributed by atoms with Crippen molar-refractivity contribution in [2.24, 2.45) is 5.92 Å². The van der Waals surface area contributed by atoms with Crippen LogP contribution >= 0.6 is 0 Å². The van der Waals surface area contributed by atoms with E-state index in [1.54, 1.807) is 0 Å². The van der Waals surface area contributed by atoms with Gasteiger partial charge >= 0.3 is 0 Å². The summed E-state index contributed by atoms with van der Waals surface area (Å²) in [5.74, 6) is 0.611. The monoisotopic (exact) mass is 254 g/mol. The van der Waals surface area contributed by atoms with Gasteiger partial charge in [-0.25, -0.2) is 0 Å². The molecule has 18 heavy (non-hydrogen) atoms. The molecule has 0 spiro atoms. The van der Waals surface area contributed by atoms with Crippen molar-refractivity contribution in [3.63, 3.8) is 0 Å². The summed E-state index contributed by atoms with van der Waals surface area (Å²) >= 11 is 0. The first kappa shape index (κ1) is 14.3. The lowest BCUT2D eigenvalue weighted by atomic mass is 9.94. The molecule has 0 aromatic heterocycles. The number of rotatable bonds is 0. The number of ether oxygens (including phenoxy) is 1. The summed E-state index contributed by atoms with van der Waals surface area (Å²) in [6.07, 6.45) is 14.7. The highest BCUT2D eigenvalue weighted by molar-refractivity contribution is 4.86. The standard InChI is InChI=1S/C16H30O2/c1-13-11-14(17)9-7-5-3-2-4-6-8-10-15-16(12-13)18-15/h13-17H,2-12H2,1H3. The summed E-state index contributed by atoms with van der Waals surface area (Å²) in [6.45, 7) is 2.26. The van der Waals surface area contributed by atoms with Crippen LogP contribution in [0.25, 0.3) is 0 Å². The maximum Gasteiger partial charge on any atom is 0.0844 e. The zero-order valence-corrected chi connectivity index (χ0v) is 11.9. The van der Waals surface area contributed by atoms with Crippen LogP contribution in [-0.4, -0.2) is 23.4 Å². The number of hydrogen-bond donors (Lipinski definition) is 1. The topological polar surface area (TPSA) is 32.8 Å². The van der Waals surface area contributed by atoms with E-state index in [4.69, 9.17) is 4.74 Å². The summed E-state index contributed by atoms with van der Waals surface area (Å²) in [5, 5.41) is 10.0. The van der Waals surface area contributed by atoms with Gasteiger partial charge in [-0.15, -0.1) is 0 Å². The number of aliphatic hydroxyl groups excluding tert-OH is 1. The highest BCUT2D eigenvalue weighted by Gasteiger charge is 2.38. The summed E-state index contributed by atoms with van der Waals surface area (Å²) in [5.41, 5.74) is 0. The Balaban J connectivity index is 1.73. The van der Waals surface area contributed by atoms with E-state index in [0.29, 0.717) is 18.1 Å². The second kappa shape index (κ2) is 7.49. The second-order valence-electron chi connectivity index (χ2n) is 6.50. The molecule has 2 rings (SSSR count). The van der Waals surface area contributed by atoms with E-state index < -0.39 is 0 Å². The first-order valence-electron chi connectivity index (χ1n) is 8.09. The van der Waals surface area contributed by atoms with Crippen molar-refractivity contribution in [3.8, 4) is 0 Å². The largest absolute Gasteiger partial charge is 0.393 e. The van der Waals surface area contributed by atoms with Crippen LogP contribution < -0.4 is 0 Å². The molecule has 2 heteroatoms. The molecule has 2 fully saturated rings. The Hall–Kier alpha value is -0.0800. The maximum absolute atomic E-state index is 10.0. The van der Waals surface area contributed by atoms with Crippen LogP contribution in [0.5, 0.6) is 0 Å². The Kier molecular flexibility index (Phi) is 5.97. The number of epoxide rings is 1. The van der Waals surface area contributed by atoms with Crippen molar-refractivity contribution in [3.05, 3.63) is 0 Å². The van der Waals surface area contributed by atoms with Gasteiger partial charge in [0.2, 0.25) is 0 Å². The molecular weight excluding hydrogens is 224 g/mol. The van der Waals surface area contributed by atoms with E-state index in [9.17, 15) is 5.11 Å². The molecule has 0 radical (unpaired) electrons. The lowest BCUT2D eigenvalue weighted by molar-refractivity contribution is 0.128. The predicted molar refractivity (Wildman–Crippen MR) is 74.6 cm³/mol. The Morgan fingerprint density at radius 1 is 0.778 bits per heavy atom. The molecule has 4 atom stereocenters. The quantitative estimate of drug-likeness (QED) is 0.661. The van der Waals surface area contributed by atoms with E-state index in [0.717, 1.165) is 19.3 Å². The van der Waals surface area contributed by atoms with Crippen LogP contribution in [0, 0.1) is 5.92 Å². The Bertz CT molecular complexity index is 225. The van der Waals surface area contributed by atoms with Gasteiger partial charge in [0, 0.05) is 0 Å². The van der Waals surface area contributed by atoms with Crippen molar-refractivity contribution in [1.82, 2.24) is 0 Å². The molecule has 106 valence electrons. The fraction of sp³-hybridized carbons (Fsp3) is 1.00. The minimum atomic E-state index is -0.0812.